The number of primary amides is 1. The third kappa shape index (κ3) is 4.98. The fraction of sp³-hybridized carbons (Fsp3) is 0.769. The normalized spacial score (nSPS) is 11.5. The van der Waals surface area contributed by atoms with Crippen LogP contribution in [0.25, 0.3) is 0 Å². The second-order valence-electron chi connectivity index (χ2n) is 5.56. The molecule has 19 heavy (non-hydrogen) atoms. The third-order valence-corrected chi connectivity index (χ3v) is 3.00. The van der Waals surface area contributed by atoms with E-state index in [0.717, 1.165) is 38.0 Å². The first-order chi connectivity index (χ1) is 8.91. The summed E-state index contributed by atoms with van der Waals surface area (Å²) in [4.78, 5) is 13.5. The lowest BCUT2D eigenvalue weighted by atomic mass is 10.1. The van der Waals surface area contributed by atoms with E-state index in [1.54, 1.807) is 0 Å². The number of aromatic nitrogens is 3. The van der Waals surface area contributed by atoms with Gasteiger partial charge in [-0.3, -0.25) is 4.79 Å². The molecule has 0 saturated carbocycles. The third-order valence-electron chi connectivity index (χ3n) is 3.00. The van der Waals surface area contributed by atoms with Crippen molar-refractivity contribution in [1.29, 1.82) is 0 Å². The van der Waals surface area contributed by atoms with E-state index in [1.165, 1.54) is 0 Å². The lowest BCUT2D eigenvalue weighted by Crippen LogP contribution is -2.18. The van der Waals surface area contributed by atoms with Crippen molar-refractivity contribution >= 4 is 5.91 Å². The highest BCUT2D eigenvalue weighted by Gasteiger charge is 2.17. The predicted octanol–water partition coefficient (Wildman–Crippen LogP) is 0.917. The summed E-state index contributed by atoms with van der Waals surface area (Å²) in [7, 11) is 4.08. The van der Waals surface area contributed by atoms with Gasteiger partial charge >= 0.3 is 0 Å². The highest BCUT2D eigenvalue weighted by molar-refractivity contribution is 5.91. The van der Waals surface area contributed by atoms with Crippen LogP contribution in [0.15, 0.2) is 0 Å². The summed E-state index contributed by atoms with van der Waals surface area (Å²) in [5.41, 5.74) is 6.55. The van der Waals surface area contributed by atoms with Crippen LogP contribution in [0.3, 0.4) is 0 Å². The summed E-state index contributed by atoms with van der Waals surface area (Å²) in [6.45, 7) is 6.06. The molecular weight excluding hydrogens is 242 g/mol. The summed E-state index contributed by atoms with van der Waals surface area (Å²) in [6.07, 6.45) is 2.77. The number of carbonyl (C=O) groups excluding carboxylic acids is 1. The van der Waals surface area contributed by atoms with Crippen LogP contribution in [-0.4, -0.2) is 46.4 Å². The lowest BCUT2D eigenvalue weighted by molar-refractivity contribution is 0.0994. The molecule has 1 heterocycles. The van der Waals surface area contributed by atoms with Crippen molar-refractivity contribution in [2.24, 2.45) is 11.7 Å². The summed E-state index contributed by atoms with van der Waals surface area (Å²) in [5, 5.41) is 7.98. The molecule has 0 unspecified atom stereocenters. The Morgan fingerprint density at radius 3 is 2.63 bits per heavy atom. The van der Waals surface area contributed by atoms with Crippen LogP contribution >= 0.6 is 0 Å². The first-order valence-corrected chi connectivity index (χ1v) is 6.78. The van der Waals surface area contributed by atoms with E-state index in [2.05, 4.69) is 29.1 Å². The van der Waals surface area contributed by atoms with Crippen molar-refractivity contribution in [3.63, 3.8) is 0 Å². The standard InChI is InChI=1S/C13H25N5O/c1-10(2)6-7-11-12(13(14)19)15-16-18(11)9-5-8-17(3)4/h10H,5-9H2,1-4H3,(H2,14,19). The largest absolute Gasteiger partial charge is 0.364 e. The van der Waals surface area contributed by atoms with Crippen LogP contribution in [0.2, 0.25) is 0 Å². The molecule has 0 aromatic carbocycles. The number of hydrogen-bond acceptors (Lipinski definition) is 4. The molecule has 1 amide bonds. The number of nitrogens with two attached hydrogens (primary N) is 1. The number of nitrogens with zero attached hydrogens (tertiary/aromatic N) is 4. The van der Waals surface area contributed by atoms with Crippen molar-refractivity contribution < 1.29 is 4.79 Å². The zero-order chi connectivity index (χ0) is 14.4. The van der Waals surface area contributed by atoms with Gasteiger partial charge in [-0.05, 0) is 45.8 Å². The second-order valence-corrected chi connectivity index (χ2v) is 5.56. The summed E-state index contributed by atoms with van der Waals surface area (Å²) >= 11 is 0. The smallest absolute Gasteiger partial charge is 0.271 e. The van der Waals surface area contributed by atoms with Gasteiger partial charge in [-0.15, -0.1) is 5.10 Å². The van der Waals surface area contributed by atoms with Crippen LogP contribution in [0.1, 0.15) is 42.9 Å². The quantitative estimate of drug-likeness (QED) is 0.759. The van der Waals surface area contributed by atoms with E-state index in [4.69, 9.17) is 5.73 Å². The molecule has 0 bridgehead atoms. The molecule has 2 N–H and O–H groups in total. The maximum absolute atomic E-state index is 11.4. The highest BCUT2D eigenvalue weighted by Crippen LogP contribution is 2.12. The average Bonchev–Trinajstić information content (AvgIpc) is 2.69. The molecule has 0 spiro atoms. The molecule has 0 aliphatic carbocycles. The Bertz CT molecular complexity index is 411. The Morgan fingerprint density at radius 1 is 1.42 bits per heavy atom. The van der Waals surface area contributed by atoms with Crippen LogP contribution in [0, 0.1) is 5.92 Å². The van der Waals surface area contributed by atoms with Gasteiger partial charge in [-0.1, -0.05) is 19.1 Å². The van der Waals surface area contributed by atoms with Gasteiger partial charge in [0.05, 0.1) is 5.69 Å². The van der Waals surface area contributed by atoms with Crippen LogP contribution in [-0.2, 0) is 13.0 Å². The van der Waals surface area contributed by atoms with E-state index in [1.807, 2.05) is 18.8 Å². The number of carbonyl (C=O) groups is 1. The van der Waals surface area contributed by atoms with Gasteiger partial charge in [0.25, 0.3) is 5.91 Å². The summed E-state index contributed by atoms with van der Waals surface area (Å²) in [5.74, 6) is 0.0865. The average molecular weight is 267 g/mol. The van der Waals surface area contributed by atoms with E-state index < -0.39 is 5.91 Å². The monoisotopic (exact) mass is 267 g/mol. The Morgan fingerprint density at radius 2 is 2.11 bits per heavy atom. The fourth-order valence-electron chi connectivity index (χ4n) is 1.91. The number of aryl methyl sites for hydroxylation is 1. The maximum Gasteiger partial charge on any atom is 0.271 e. The molecule has 1 aromatic heterocycles. The van der Waals surface area contributed by atoms with Crippen LogP contribution < -0.4 is 5.73 Å². The Kier molecular flexibility index (Phi) is 5.95. The summed E-state index contributed by atoms with van der Waals surface area (Å²) in [6, 6.07) is 0. The Hall–Kier alpha value is -1.43. The number of amides is 1. The first-order valence-electron chi connectivity index (χ1n) is 6.78. The van der Waals surface area contributed by atoms with E-state index in [-0.39, 0.29) is 0 Å². The van der Waals surface area contributed by atoms with Gasteiger partial charge in [-0.2, -0.15) is 0 Å². The molecule has 0 fully saturated rings. The molecule has 108 valence electrons. The van der Waals surface area contributed by atoms with Gasteiger partial charge in [0.2, 0.25) is 0 Å². The van der Waals surface area contributed by atoms with Gasteiger partial charge in [0.15, 0.2) is 5.69 Å². The molecule has 6 heteroatoms. The Labute approximate surface area is 115 Å². The zero-order valence-corrected chi connectivity index (χ0v) is 12.4. The minimum absolute atomic E-state index is 0.325. The minimum atomic E-state index is -0.488. The van der Waals surface area contributed by atoms with Crippen molar-refractivity contribution in [1.82, 2.24) is 19.9 Å². The van der Waals surface area contributed by atoms with Gasteiger partial charge in [0, 0.05) is 6.54 Å². The molecule has 0 aliphatic heterocycles. The van der Waals surface area contributed by atoms with Gasteiger partial charge in [0.1, 0.15) is 0 Å². The molecule has 1 aromatic rings. The van der Waals surface area contributed by atoms with Gasteiger partial charge < -0.3 is 10.6 Å². The molecule has 0 saturated heterocycles. The lowest BCUT2D eigenvalue weighted by Gasteiger charge is -2.11. The van der Waals surface area contributed by atoms with Crippen molar-refractivity contribution in [2.75, 3.05) is 20.6 Å². The predicted molar refractivity (Wildman–Crippen MR) is 74.9 cm³/mol. The van der Waals surface area contributed by atoms with Crippen molar-refractivity contribution in [3.8, 4) is 0 Å². The molecule has 0 aliphatic rings. The fourth-order valence-corrected chi connectivity index (χ4v) is 1.91. The molecule has 6 nitrogen and oxygen atoms in total. The SMILES string of the molecule is CC(C)CCc1c(C(N)=O)nnn1CCCN(C)C. The first kappa shape index (κ1) is 15.6. The minimum Gasteiger partial charge on any atom is -0.364 e. The van der Waals surface area contributed by atoms with E-state index >= 15 is 0 Å². The van der Waals surface area contributed by atoms with Crippen LogP contribution in [0.5, 0.6) is 0 Å². The van der Waals surface area contributed by atoms with Gasteiger partial charge in [-0.25, -0.2) is 4.68 Å². The van der Waals surface area contributed by atoms with Crippen molar-refractivity contribution in [2.45, 2.75) is 39.7 Å². The van der Waals surface area contributed by atoms with Crippen LogP contribution in [0.4, 0.5) is 0 Å². The number of rotatable bonds is 8. The molecule has 0 radical (unpaired) electrons. The molecule has 0 atom stereocenters. The molecule has 1 rings (SSSR count). The Balaban J connectivity index is 2.75. The topological polar surface area (TPSA) is 77.0 Å². The zero-order valence-electron chi connectivity index (χ0n) is 12.4. The van der Waals surface area contributed by atoms with E-state index in [0.29, 0.717) is 11.6 Å². The maximum atomic E-state index is 11.4. The second kappa shape index (κ2) is 7.23. The summed E-state index contributed by atoms with van der Waals surface area (Å²) < 4.78 is 1.83. The number of hydrogen-bond donors (Lipinski definition) is 1. The van der Waals surface area contributed by atoms with Crippen molar-refractivity contribution in [3.05, 3.63) is 11.4 Å². The van der Waals surface area contributed by atoms with E-state index in [9.17, 15) is 4.79 Å². The molecular formula is C13H25N5O. The highest BCUT2D eigenvalue weighted by atomic mass is 16.1.